The molecule has 1 aliphatic carbocycles. The molecule has 27 heavy (non-hydrogen) atoms. The summed E-state index contributed by atoms with van der Waals surface area (Å²) in [6, 6.07) is 7.35. The van der Waals surface area contributed by atoms with Crippen LogP contribution in [0.5, 0.6) is 0 Å². The first-order valence-electron chi connectivity index (χ1n) is 7.43. The number of hydrogen-bond acceptors (Lipinski definition) is 0. The number of alkyl halides is 9. The van der Waals surface area contributed by atoms with Crippen molar-refractivity contribution in [2.45, 2.75) is 23.9 Å². The van der Waals surface area contributed by atoms with Crippen LogP contribution in [0.3, 0.4) is 0 Å². The molecule has 0 amide bonds. The molecule has 0 aromatic heterocycles. The summed E-state index contributed by atoms with van der Waals surface area (Å²) < 4.78 is 123. The van der Waals surface area contributed by atoms with E-state index in [2.05, 4.69) is 0 Å². The highest BCUT2D eigenvalue weighted by Gasteiger charge is 2.80. The monoisotopic (exact) mass is 396 g/mol. The van der Waals surface area contributed by atoms with Crippen molar-refractivity contribution in [1.29, 1.82) is 0 Å². The van der Waals surface area contributed by atoms with Gasteiger partial charge < -0.3 is 0 Å². The average molecular weight is 396 g/mol. The Balaban J connectivity index is 2.30. The predicted molar refractivity (Wildman–Crippen MR) is 79.5 cm³/mol. The quantitative estimate of drug-likeness (QED) is 0.506. The summed E-state index contributed by atoms with van der Waals surface area (Å²) in [6.07, 6.45) is -4.80. The number of allylic oxidation sites excluding steroid dienone is 2. The molecule has 0 spiro atoms. The highest BCUT2D eigenvalue weighted by Crippen LogP contribution is 2.64. The summed E-state index contributed by atoms with van der Waals surface area (Å²) in [5.41, 5.74) is -5.96. The van der Waals surface area contributed by atoms with Gasteiger partial charge in [0, 0.05) is 11.1 Å². The average Bonchev–Trinajstić information content (AvgIpc) is 2.69. The Morgan fingerprint density at radius 2 is 0.963 bits per heavy atom. The van der Waals surface area contributed by atoms with E-state index in [0.29, 0.717) is 24.3 Å². The van der Waals surface area contributed by atoms with Gasteiger partial charge in [-0.15, -0.1) is 0 Å². The molecular weight excluding hydrogens is 387 g/mol. The number of rotatable bonds is 2. The fraction of sp³-hybridized carbons (Fsp3) is 0.222. The zero-order chi connectivity index (χ0) is 20.3. The Kier molecular flexibility index (Phi) is 4.13. The third kappa shape index (κ3) is 2.71. The smallest absolute Gasteiger partial charge is 0.194 e. The van der Waals surface area contributed by atoms with Crippen LogP contribution in [0.2, 0.25) is 0 Å². The second-order valence-electron chi connectivity index (χ2n) is 5.91. The summed E-state index contributed by atoms with van der Waals surface area (Å²) in [5.74, 6) is -16.3. The fourth-order valence-corrected chi connectivity index (χ4v) is 2.91. The molecule has 0 atom stereocenters. The van der Waals surface area contributed by atoms with Crippen molar-refractivity contribution in [3.05, 3.63) is 71.3 Å². The van der Waals surface area contributed by atoms with Crippen molar-refractivity contribution in [2.75, 3.05) is 0 Å². The molecule has 144 valence electrons. The van der Waals surface area contributed by atoms with Crippen LogP contribution in [-0.4, -0.2) is 17.8 Å². The van der Waals surface area contributed by atoms with Gasteiger partial charge in [0.05, 0.1) is 5.56 Å². The van der Waals surface area contributed by atoms with Gasteiger partial charge in [-0.2, -0.15) is 39.5 Å². The maximum absolute atomic E-state index is 14.3. The first-order chi connectivity index (χ1) is 12.3. The number of halogens is 9. The van der Waals surface area contributed by atoms with Crippen molar-refractivity contribution >= 4 is 11.1 Å². The molecule has 0 heterocycles. The normalized spacial score (nSPS) is 20.8. The molecule has 0 bridgehead atoms. The molecule has 2 aromatic carbocycles. The van der Waals surface area contributed by atoms with E-state index < -0.39 is 51.8 Å². The number of benzene rings is 2. The van der Waals surface area contributed by atoms with Crippen LogP contribution < -0.4 is 0 Å². The standard InChI is InChI=1S/C18H9F9/c19-15(20)13(10-4-2-1-3-5-10)14(16(21,22)18(15,26)27)11-6-8-12(9-7-11)17(23,24)25/h1-9H. The van der Waals surface area contributed by atoms with Gasteiger partial charge in [-0.1, -0.05) is 42.5 Å². The largest absolute Gasteiger partial charge is 0.416 e. The zero-order valence-electron chi connectivity index (χ0n) is 13.1. The van der Waals surface area contributed by atoms with Gasteiger partial charge in [0.25, 0.3) is 0 Å². The summed E-state index contributed by atoms with van der Waals surface area (Å²) >= 11 is 0. The maximum atomic E-state index is 14.3. The van der Waals surface area contributed by atoms with Gasteiger partial charge in [0.2, 0.25) is 0 Å². The van der Waals surface area contributed by atoms with E-state index in [1.807, 2.05) is 0 Å². The third-order valence-electron chi connectivity index (χ3n) is 4.23. The SMILES string of the molecule is FC(F)(F)c1ccc(C2=C(c3ccccc3)C(F)(F)C(F)(F)C2(F)F)cc1. The second kappa shape index (κ2) is 5.77. The van der Waals surface area contributed by atoms with Crippen LogP contribution in [0.15, 0.2) is 54.6 Å². The molecule has 0 saturated heterocycles. The number of hydrogen-bond donors (Lipinski definition) is 0. The van der Waals surface area contributed by atoms with Crippen LogP contribution in [0.25, 0.3) is 11.1 Å². The Morgan fingerprint density at radius 3 is 1.37 bits per heavy atom. The van der Waals surface area contributed by atoms with Crippen LogP contribution in [0.1, 0.15) is 16.7 Å². The van der Waals surface area contributed by atoms with Gasteiger partial charge in [-0.05, 0) is 23.3 Å². The minimum Gasteiger partial charge on any atom is -0.194 e. The molecule has 3 rings (SSSR count). The van der Waals surface area contributed by atoms with E-state index >= 15 is 0 Å². The van der Waals surface area contributed by atoms with Gasteiger partial charge in [-0.3, -0.25) is 0 Å². The van der Waals surface area contributed by atoms with E-state index in [9.17, 15) is 39.5 Å². The Labute approximate surface area is 146 Å². The van der Waals surface area contributed by atoms with Crippen molar-refractivity contribution in [3.63, 3.8) is 0 Å². The third-order valence-corrected chi connectivity index (χ3v) is 4.23. The van der Waals surface area contributed by atoms with Crippen LogP contribution >= 0.6 is 0 Å². The molecule has 9 heteroatoms. The van der Waals surface area contributed by atoms with Gasteiger partial charge in [0.15, 0.2) is 0 Å². The Bertz CT molecular complexity index is 875. The Hall–Kier alpha value is -2.45. The lowest BCUT2D eigenvalue weighted by molar-refractivity contribution is -0.254. The van der Waals surface area contributed by atoms with Crippen molar-refractivity contribution in [2.24, 2.45) is 0 Å². The van der Waals surface area contributed by atoms with E-state index in [1.54, 1.807) is 0 Å². The second-order valence-corrected chi connectivity index (χ2v) is 5.91. The highest BCUT2D eigenvalue weighted by atomic mass is 19.4. The lowest BCUT2D eigenvalue weighted by Crippen LogP contribution is -2.48. The van der Waals surface area contributed by atoms with Gasteiger partial charge in [0.1, 0.15) is 0 Å². The van der Waals surface area contributed by atoms with E-state index in [1.165, 1.54) is 18.2 Å². The van der Waals surface area contributed by atoms with E-state index in [0.717, 1.165) is 12.1 Å². The van der Waals surface area contributed by atoms with Crippen LogP contribution in [-0.2, 0) is 6.18 Å². The zero-order valence-corrected chi connectivity index (χ0v) is 13.1. The van der Waals surface area contributed by atoms with Crippen LogP contribution in [0.4, 0.5) is 39.5 Å². The molecule has 0 fully saturated rings. The van der Waals surface area contributed by atoms with E-state index in [4.69, 9.17) is 0 Å². The minimum absolute atomic E-state index is 0.371. The Morgan fingerprint density at radius 1 is 0.556 bits per heavy atom. The molecule has 0 nitrogen and oxygen atoms in total. The molecule has 1 aliphatic rings. The summed E-state index contributed by atoms with van der Waals surface area (Å²) in [4.78, 5) is 0. The van der Waals surface area contributed by atoms with Gasteiger partial charge >= 0.3 is 23.9 Å². The molecule has 0 N–H and O–H groups in total. The topological polar surface area (TPSA) is 0 Å². The van der Waals surface area contributed by atoms with Crippen LogP contribution in [0, 0.1) is 0 Å². The van der Waals surface area contributed by atoms with Crippen molar-refractivity contribution in [3.8, 4) is 0 Å². The summed E-state index contributed by atoms with van der Waals surface area (Å²) in [7, 11) is 0. The highest BCUT2D eigenvalue weighted by molar-refractivity contribution is 6.01. The van der Waals surface area contributed by atoms with Crippen molar-refractivity contribution < 1.29 is 39.5 Å². The minimum atomic E-state index is -5.75. The molecule has 0 unspecified atom stereocenters. The molecule has 0 radical (unpaired) electrons. The maximum Gasteiger partial charge on any atom is 0.416 e. The molecule has 2 aromatic rings. The van der Waals surface area contributed by atoms with Gasteiger partial charge in [-0.25, -0.2) is 0 Å². The lowest BCUT2D eigenvalue weighted by Gasteiger charge is -2.25. The summed E-state index contributed by atoms with van der Waals surface area (Å²) in [6.45, 7) is 0. The molecule has 0 aliphatic heterocycles. The first kappa shape index (κ1) is 19.3. The predicted octanol–water partition coefficient (Wildman–Crippen LogP) is 6.54. The van der Waals surface area contributed by atoms with Crippen molar-refractivity contribution in [1.82, 2.24) is 0 Å². The fourth-order valence-electron chi connectivity index (χ4n) is 2.91. The molecular formula is C18H9F9. The first-order valence-corrected chi connectivity index (χ1v) is 7.43. The van der Waals surface area contributed by atoms with E-state index in [-0.39, 0.29) is 0 Å². The summed E-state index contributed by atoms with van der Waals surface area (Å²) in [5, 5.41) is 0. The molecule has 0 saturated carbocycles. The lowest BCUT2D eigenvalue weighted by atomic mass is 9.94.